The molecule has 2 N–H and O–H groups in total. The first-order chi connectivity index (χ1) is 13.0. The number of benzene rings is 1. The van der Waals surface area contributed by atoms with E-state index in [1.54, 1.807) is 19.1 Å². The van der Waals surface area contributed by atoms with Crippen molar-refractivity contribution in [1.82, 2.24) is 4.90 Å². The van der Waals surface area contributed by atoms with E-state index in [1.165, 1.54) is 0 Å². The van der Waals surface area contributed by atoms with Gasteiger partial charge in [0, 0.05) is 11.7 Å². The lowest BCUT2D eigenvalue weighted by Gasteiger charge is -2.32. The van der Waals surface area contributed by atoms with E-state index in [2.05, 4.69) is 4.72 Å². The lowest BCUT2D eigenvalue weighted by Crippen LogP contribution is -2.45. The Morgan fingerprint density at radius 1 is 1.21 bits per heavy atom. The van der Waals surface area contributed by atoms with Gasteiger partial charge in [0.25, 0.3) is 0 Å². The predicted octanol–water partition coefficient (Wildman–Crippen LogP) is 1.53. The fraction of sp³-hybridized carbons (Fsp3) is 0.684. The van der Waals surface area contributed by atoms with E-state index in [-0.39, 0.29) is 12.6 Å². The molecule has 0 radical (unpaired) electrons. The Morgan fingerprint density at radius 3 is 2.32 bits per heavy atom. The number of rotatable bonds is 6. The highest BCUT2D eigenvalue weighted by Crippen LogP contribution is 2.36. The molecule has 28 heavy (non-hydrogen) atoms. The van der Waals surface area contributed by atoms with E-state index in [0.29, 0.717) is 12.2 Å². The van der Waals surface area contributed by atoms with Crippen LogP contribution in [0.1, 0.15) is 47.5 Å². The Balaban J connectivity index is 1.69. The molecule has 0 bridgehead atoms. The number of anilines is 1. The molecule has 2 aliphatic rings. The molecule has 3 rings (SSSR count). The van der Waals surface area contributed by atoms with Crippen molar-refractivity contribution in [2.24, 2.45) is 0 Å². The summed E-state index contributed by atoms with van der Waals surface area (Å²) in [5.74, 6) is 0. The molecule has 0 saturated carbocycles. The third-order valence-corrected chi connectivity index (χ3v) is 7.93. The molecule has 0 aliphatic carbocycles. The highest BCUT2D eigenvalue weighted by atomic mass is 32.2. The zero-order valence-corrected chi connectivity index (χ0v) is 18.1. The molecule has 156 valence electrons. The second kappa shape index (κ2) is 7.61. The van der Waals surface area contributed by atoms with Gasteiger partial charge in [0.05, 0.1) is 17.8 Å². The van der Waals surface area contributed by atoms with Crippen LogP contribution in [-0.4, -0.2) is 61.3 Å². The van der Waals surface area contributed by atoms with Crippen LogP contribution in [0.3, 0.4) is 0 Å². The fourth-order valence-corrected chi connectivity index (χ4v) is 4.92. The summed E-state index contributed by atoms with van der Waals surface area (Å²) in [7, 11) is -4.09. The van der Waals surface area contributed by atoms with E-state index in [4.69, 9.17) is 9.31 Å². The summed E-state index contributed by atoms with van der Waals surface area (Å²) in [6, 6.07) is 6.97. The molecule has 2 fully saturated rings. The first kappa shape index (κ1) is 21.6. The summed E-state index contributed by atoms with van der Waals surface area (Å²) in [6.07, 6.45) is 1.72. The Bertz CT molecular complexity index is 781. The Labute approximate surface area is 168 Å². The monoisotopic (exact) mass is 410 g/mol. The van der Waals surface area contributed by atoms with Crippen LogP contribution in [-0.2, 0) is 19.3 Å². The minimum Gasteiger partial charge on any atom is -0.399 e. The van der Waals surface area contributed by atoms with Crippen molar-refractivity contribution in [1.29, 1.82) is 0 Å². The second-order valence-electron chi connectivity index (χ2n) is 8.67. The van der Waals surface area contributed by atoms with Crippen LogP contribution in [0.15, 0.2) is 24.3 Å². The molecule has 1 aromatic rings. The van der Waals surface area contributed by atoms with Gasteiger partial charge in [-0.1, -0.05) is 12.1 Å². The van der Waals surface area contributed by atoms with Crippen LogP contribution in [0, 0.1) is 0 Å². The van der Waals surface area contributed by atoms with Crippen molar-refractivity contribution in [3.8, 4) is 0 Å². The predicted molar refractivity (Wildman–Crippen MR) is 111 cm³/mol. The van der Waals surface area contributed by atoms with Gasteiger partial charge in [-0.15, -0.1) is 0 Å². The van der Waals surface area contributed by atoms with E-state index in [1.807, 2.05) is 44.7 Å². The maximum Gasteiger partial charge on any atom is 0.494 e. The van der Waals surface area contributed by atoms with Crippen molar-refractivity contribution in [2.45, 2.75) is 70.1 Å². The summed E-state index contributed by atoms with van der Waals surface area (Å²) in [6.45, 7) is 10.3. The molecule has 2 aliphatic heterocycles. The van der Waals surface area contributed by atoms with Crippen molar-refractivity contribution in [2.75, 3.05) is 17.9 Å². The lowest BCUT2D eigenvalue weighted by molar-refractivity contribution is 0.00578. The van der Waals surface area contributed by atoms with Gasteiger partial charge in [0.15, 0.2) is 0 Å². The number of sulfonamides is 1. The molecule has 2 saturated heterocycles. The second-order valence-corrected chi connectivity index (χ2v) is 10.6. The van der Waals surface area contributed by atoms with Crippen LogP contribution in [0.25, 0.3) is 0 Å². The number of nitrogens with one attached hydrogen (secondary N) is 1. The molecule has 2 atom stereocenters. The minimum absolute atomic E-state index is 0.0252. The number of hydrogen-bond donors (Lipinski definition) is 2. The van der Waals surface area contributed by atoms with Crippen molar-refractivity contribution < 1.29 is 22.8 Å². The topological polar surface area (TPSA) is 88.1 Å². The number of aliphatic hydroxyl groups excluding tert-OH is 1. The van der Waals surface area contributed by atoms with Crippen LogP contribution in [0.5, 0.6) is 0 Å². The maximum atomic E-state index is 12.8. The van der Waals surface area contributed by atoms with E-state index in [9.17, 15) is 13.5 Å². The number of aliphatic hydroxyl groups is 1. The van der Waals surface area contributed by atoms with E-state index >= 15 is 0 Å². The lowest BCUT2D eigenvalue weighted by atomic mass is 9.79. The first-order valence-electron chi connectivity index (χ1n) is 9.81. The summed E-state index contributed by atoms with van der Waals surface area (Å²) in [4.78, 5) is 1.85. The fourth-order valence-electron chi connectivity index (χ4n) is 3.65. The average molecular weight is 410 g/mol. The Hall–Kier alpha value is -1.13. The summed E-state index contributed by atoms with van der Waals surface area (Å²) < 4.78 is 40.3. The van der Waals surface area contributed by atoms with Gasteiger partial charge in [-0.05, 0) is 71.6 Å². The third kappa shape index (κ3) is 4.09. The van der Waals surface area contributed by atoms with Gasteiger partial charge in [-0.2, -0.15) is 0 Å². The first-order valence-corrected chi connectivity index (χ1v) is 11.4. The average Bonchev–Trinajstić information content (AvgIpc) is 3.16. The molecule has 9 heteroatoms. The molecule has 1 aromatic carbocycles. The van der Waals surface area contributed by atoms with Gasteiger partial charge in [0.1, 0.15) is 5.37 Å². The Morgan fingerprint density at radius 2 is 1.79 bits per heavy atom. The van der Waals surface area contributed by atoms with Gasteiger partial charge >= 0.3 is 7.12 Å². The summed E-state index contributed by atoms with van der Waals surface area (Å²) in [5.41, 5.74) is 0.486. The third-order valence-electron chi connectivity index (χ3n) is 6.25. The zero-order chi connectivity index (χ0) is 20.7. The van der Waals surface area contributed by atoms with Crippen molar-refractivity contribution >= 4 is 28.3 Å². The zero-order valence-electron chi connectivity index (χ0n) is 17.3. The van der Waals surface area contributed by atoms with Crippen molar-refractivity contribution in [3.63, 3.8) is 0 Å². The van der Waals surface area contributed by atoms with Crippen molar-refractivity contribution in [3.05, 3.63) is 24.3 Å². The van der Waals surface area contributed by atoms with Gasteiger partial charge < -0.3 is 14.4 Å². The molecular formula is C19H31BN2O5S. The molecule has 7 nitrogen and oxygen atoms in total. The van der Waals surface area contributed by atoms with E-state index < -0.39 is 33.7 Å². The molecule has 0 amide bonds. The number of likely N-dealkylation sites (tertiary alicyclic amines) is 1. The summed E-state index contributed by atoms with van der Waals surface area (Å²) >= 11 is 0. The van der Waals surface area contributed by atoms with Crippen LogP contribution >= 0.6 is 0 Å². The highest BCUT2D eigenvalue weighted by molar-refractivity contribution is 7.93. The van der Waals surface area contributed by atoms with Crippen LogP contribution in [0.2, 0.25) is 0 Å². The SMILES string of the molecule is CC(N1CCC[C@H]1CO)S(=O)(=O)Nc1ccc(B2OC(C)(C)C(C)(C)O2)cc1. The molecule has 0 spiro atoms. The number of nitrogens with zero attached hydrogens (tertiary/aromatic N) is 1. The molecule has 0 aromatic heterocycles. The molecule has 1 unspecified atom stereocenters. The smallest absolute Gasteiger partial charge is 0.399 e. The normalized spacial score (nSPS) is 25.8. The standard InChI is InChI=1S/C19H31BN2O5S/c1-14(22-12-6-7-17(22)13-23)28(24,25)21-16-10-8-15(9-11-16)20-26-18(2,3)19(4,5)27-20/h8-11,14,17,21,23H,6-7,12-13H2,1-5H3/t14?,17-/m0/s1. The minimum atomic E-state index is -3.61. The molecular weight excluding hydrogens is 379 g/mol. The quantitative estimate of drug-likeness (QED) is 0.692. The summed E-state index contributed by atoms with van der Waals surface area (Å²) in [5, 5.41) is 8.76. The Kier molecular flexibility index (Phi) is 5.86. The number of hydrogen-bond acceptors (Lipinski definition) is 6. The van der Waals surface area contributed by atoms with Crippen LogP contribution < -0.4 is 10.2 Å². The van der Waals surface area contributed by atoms with Crippen LogP contribution in [0.4, 0.5) is 5.69 Å². The van der Waals surface area contributed by atoms with Gasteiger partial charge in [-0.25, -0.2) is 8.42 Å². The highest BCUT2D eigenvalue weighted by Gasteiger charge is 2.51. The van der Waals surface area contributed by atoms with Gasteiger partial charge in [-0.3, -0.25) is 9.62 Å². The largest absolute Gasteiger partial charge is 0.494 e. The maximum absolute atomic E-state index is 12.8. The van der Waals surface area contributed by atoms with E-state index in [0.717, 1.165) is 18.3 Å². The molecule has 2 heterocycles. The van der Waals surface area contributed by atoms with Gasteiger partial charge in [0.2, 0.25) is 10.0 Å².